The highest BCUT2D eigenvalue weighted by Gasteiger charge is 2.36. The van der Waals surface area contributed by atoms with E-state index in [2.05, 4.69) is 0 Å². The molecule has 2 aliphatic rings. The third-order valence-electron chi connectivity index (χ3n) is 3.84. The summed E-state index contributed by atoms with van der Waals surface area (Å²) < 4.78 is 10.0. The van der Waals surface area contributed by atoms with E-state index in [4.69, 9.17) is 9.47 Å². The number of carbonyl (C=O) groups is 2. The highest BCUT2D eigenvalue weighted by atomic mass is 16.5. The molecule has 1 aliphatic heterocycles. The number of carbonyl (C=O) groups excluding carboxylic acids is 2. The van der Waals surface area contributed by atoms with Crippen molar-refractivity contribution in [2.24, 2.45) is 5.92 Å². The summed E-state index contributed by atoms with van der Waals surface area (Å²) >= 11 is 0. The minimum atomic E-state index is -0.557. The standard InChI is InChI=1S/C13H21NO4/c1-17-13(16)11-9-18-8-7-14(11)12(15)10-5-3-2-4-6-10/h10-11H,2-9H2,1H3. The van der Waals surface area contributed by atoms with E-state index in [1.165, 1.54) is 13.5 Å². The van der Waals surface area contributed by atoms with Crippen LogP contribution in [0, 0.1) is 5.92 Å². The minimum Gasteiger partial charge on any atom is -0.467 e. The Kier molecular flexibility index (Phi) is 4.58. The Hall–Kier alpha value is -1.10. The molecule has 2 fully saturated rings. The molecule has 18 heavy (non-hydrogen) atoms. The van der Waals surface area contributed by atoms with E-state index in [1.807, 2.05) is 0 Å². The molecule has 2 rings (SSSR count). The lowest BCUT2D eigenvalue weighted by molar-refractivity contribution is -0.163. The van der Waals surface area contributed by atoms with Crippen LogP contribution in [-0.4, -0.2) is 49.7 Å². The van der Waals surface area contributed by atoms with Gasteiger partial charge in [-0.15, -0.1) is 0 Å². The molecule has 0 N–H and O–H groups in total. The monoisotopic (exact) mass is 255 g/mol. The zero-order valence-electron chi connectivity index (χ0n) is 10.9. The van der Waals surface area contributed by atoms with Gasteiger partial charge in [-0.2, -0.15) is 0 Å². The van der Waals surface area contributed by atoms with E-state index in [-0.39, 0.29) is 24.4 Å². The Balaban J connectivity index is 2.03. The number of rotatable bonds is 2. The SMILES string of the molecule is COC(=O)C1COCCN1C(=O)C1CCCCC1. The summed E-state index contributed by atoms with van der Waals surface area (Å²) in [5.74, 6) is -0.184. The van der Waals surface area contributed by atoms with Crippen molar-refractivity contribution in [2.45, 2.75) is 38.1 Å². The van der Waals surface area contributed by atoms with Crippen molar-refractivity contribution >= 4 is 11.9 Å². The number of nitrogens with zero attached hydrogens (tertiary/aromatic N) is 1. The molecule has 1 amide bonds. The molecule has 1 unspecified atom stereocenters. The molecule has 1 atom stereocenters. The van der Waals surface area contributed by atoms with Gasteiger partial charge in [0.2, 0.25) is 5.91 Å². The van der Waals surface area contributed by atoms with E-state index in [0.717, 1.165) is 25.7 Å². The molecule has 5 nitrogen and oxygen atoms in total. The van der Waals surface area contributed by atoms with Crippen LogP contribution in [0.4, 0.5) is 0 Å². The fraction of sp³-hybridized carbons (Fsp3) is 0.846. The maximum Gasteiger partial charge on any atom is 0.331 e. The summed E-state index contributed by atoms with van der Waals surface area (Å²) in [7, 11) is 1.35. The quantitative estimate of drug-likeness (QED) is 0.690. The third-order valence-corrected chi connectivity index (χ3v) is 3.84. The minimum absolute atomic E-state index is 0.0870. The highest BCUT2D eigenvalue weighted by molar-refractivity contribution is 5.86. The van der Waals surface area contributed by atoms with Crippen LogP contribution in [0.25, 0.3) is 0 Å². The van der Waals surface area contributed by atoms with Gasteiger partial charge in [-0.05, 0) is 12.8 Å². The molecule has 0 aromatic carbocycles. The number of hydrogen-bond acceptors (Lipinski definition) is 4. The van der Waals surface area contributed by atoms with Crippen LogP contribution in [0.5, 0.6) is 0 Å². The molecule has 1 aliphatic carbocycles. The van der Waals surface area contributed by atoms with E-state index in [1.54, 1.807) is 4.90 Å². The zero-order chi connectivity index (χ0) is 13.0. The molecule has 1 heterocycles. The first-order valence-corrected chi connectivity index (χ1v) is 6.70. The lowest BCUT2D eigenvalue weighted by atomic mass is 9.88. The predicted octanol–water partition coefficient (Wildman–Crippen LogP) is 0.967. The summed E-state index contributed by atoms with van der Waals surface area (Å²) in [6.07, 6.45) is 5.34. The van der Waals surface area contributed by atoms with Crippen LogP contribution >= 0.6 is 0 Å². The average Bonchev–Trinajstić information content (AvgIpc) is 2.46. The fourth-order valence-corrected chi connectivity index (χ4v) is 2.78. The Bertz CT molecular complexity index is 312. The largest absolute Gasteiger partial charge is 0.467 e. The van der Waals surface area contributed by atoms with Crippen LogP contribution in [0.15, 0.2) is 0 Å². The summed E-state index contributed by atoms with van der Waals surface area (Å²) in [6, 6.07) is -0.557. The highest BCUT2D eigenvalue weighted by Crippen LogP contribution is 2.26. The number of esters is 1. The molecule has 102 valence electrons. The van der Waals surface area contributed by atoms with E-state index >= 15 is 0 Å². The van der Waals surface area contributed by atoms with Gasteiger partial charge in [0.25, 0.3) is 0 Å². The molecule has 0 radical (unpaired) electrons. The summed E-state index contributed by atoms with van der Waals surface area (Å²) in [5, 5.41) is 0. The van der Waals surface area contributed by atoms with Crippen molar-refractivity contribution in [3.63, 3.8) is 0 Å². The van der Waals surface area contributed by atoms with Crippen molar-refractivity contribution < 1.29 is 19.1 Å². The number of hydrogen-bond donors (Lipinski definition) is 0. The van der Waals surface area contributed by atoms with Crippen LogP contribution in [0.3, 0.4) is 0 Å². The fourth-order valence-electron chi connectivity index (χ4n) is 2.78. The van der Waals surface area contributed by atoms with E-state index in [9.17, 15) is 9.59 Å². The molecule has 1 saturated carbocycles. The first-order valence-electron chi connectivity index (χ1n) is 6.70. The Morgan fingerprint density at radius 1 is 1.22 bits per heavy atom. The zero-order valence-corrected chi connectivity index (χ0v) is 10.9. The molecule has 5 heteroatoms. The van der Waals surface area contributed by atoms with Crippen molar-refractivity contribution in [1.82, 2.24) is 4.90 Å². The van der Waals surface area contributed by atoms with Gasteiger partial charge in [-0.1, -0.05) is 19.3 Å². The molecule has 0 bridgehead atoms. The maximum absolute atomic E-state index is 12.4. The first kappa shape index (κ1) is 13.3. The van der Waals surface area contributed by atoms with Gasteiger partial charge < -0.3 is 14.4 Å². The molecular weight excluding hydrogens is 234 g/mol. The summed E-state index contributed by atoms with van der Waals surface area (Å²) in [4.78, 5) is 25.8. The molecule has 1 saturated heterocycles. The van der Waals surface area contributed by atoms with Gasteiger partial charge in [0.1, 0.15) is 0 Å². The van der Waals surface area contributed by atoms with Gasteiger partial charge in [0, 0.05) is 12.5 Å². The first-order chi connectivity index (χ1) is 8.74. The predicted molar refractivity (Wildman–Crippen MR) is 64.9 cm³/mol. The maximum atomic E-state index is 12.4. The Morgan fingerprint density at radius 2 is 1.94 bits per heavy atom. The lowest BCUT2D eigenvalue weighted by Crippen LogP contribution is -2.54. The van der Waals surface area contributed by atoms with Gasteiger partial charge in [-0.3, -0.25) is 4.79 Å². The van der Waals surface area contributed by atoms with Crippen molar-refractivity contribution in [3.8, 4) is 0 Å². The van der Waals surface area contributed by atoms with Crippen molar-refractivity contribution in [1.29, 1.82) is 0 Å². The second-order valence-corrected chi connectivity index (χ2v) is 4.98. The number of ether oxygens (including phenoxy) is 2. The van der Waals surface area contributed by atoms with Gasteiger partial charge >= 0.3 is 5.97 Å². The molecule has 0 aromatic rings. The number of morpholine rings is 1. The second-order valence-electron chi connectivity index (χ2n) is 4.98. The number of amides is 1. The van der Waals surface area contributed by atoms with E-state index in [0.29, 0.717) is 13.2 Å². The average molecular weight is 255 g/mol. The normalized spacial score (nSPS) is 25.8. The van der Waals surface area contributed by atoms with Gasteiger partial charge in [-0.25, -0.2) is 4.79 Å². The smallest absolute Gasteiger partial charge is 0.331 e. The van der Waals surface area contributed by atoms with Crippen LogP contribution in [0.2, 0.25) is 0 Å². The molecule has 0 spiro atoms. The van der Waals surface area contributed by atoms with Crippen LogP contribution < -0.4 is 0 Å². The third kappa shape index (κ3) is 2.83. The topological polar surface area (TPSA) is 55.8 Å². The molecule has 0 aromatic heterocycles. The van der Waals surface area contributed by atoms with Crippen molar-refractivity contribution in [2.75, 3.05) is 26.9 Å². The molecular formula is C13H21NO4. The Morgan fingerprint density at radius 3 is 2.61 bits per heavy atom. The van der Waals surface area contributed by atoms with E-state index < -0.39 is 6.04 Å². The number of methoxy groups -OCH3 is 1. The van der Waals surface area contributed by atoms with Crippen LogP contribution in [0.1, 0.15) is 32.1 Å². The van der Waals surface area contributed by atoms with Gasteiger partial charge in [0.05, 0.1) is 20.3 Å². The summed E-state index contributed by atoms with van der Waals surface area (Å²) in [6.45, 7) is 1.26. The van der Waals surface area contributed by atoms with Crippen LogP contribution in [-0.2, 0) is 19.1 Å². The van der Waals surface area contributed by atoms with Crippen molar-refractivity contribution in [3.05, 3.63) is 0 Å². The van der Waals surface area contributed by atoms with Gasteiger partial charge in [0.15, 0.2) is 6.04 Å². The summed E-state index contributed by atoms with van der Waals surface area (Å²) in [5.41, 5.74) is 0. The Labute approximate surface area is 107 Å². The lowest BCUT2D eigenvalue weighted by Gasteiger charge is -2.36. The second kappa shape index (κ2) is 6.18.